The lowest BCUT2D eigenvalue weighted by Crippen LogP contribution is -1.97. The molecule has 88 valence electrons. The van der Waals surface area contributed by atoms with Crippen LogP contribution in [0.4, 0.5) is 17.1 Å². The molecule has 0 atom stereocenters. The molecule has 0 saturated carbocycles. The van der Waals surface area contributed by atoms with Crippen molar-refractivity contribution >= 4 is 40.3 Å². The van der Waals surface area contributed by atoms with Gasteiger partial charge in [0, 0.05) is 27.1 Å². The highest BCUT2D eigenvalue weighted by Crippen LogP contribution is 2.29. The van der Waals surface area contributed by atoms with Crippen LogP contribution in [0.15, 0.2) is 36.4 Å². The lowest BCUT2D eigenvalue weighted by molar-refractivity contribution is 1.43. The molecule has 3 N–H and O–H groups in total. The third-order valence-electron chi connectivity index (χ3n) is 2.52. The number of halogens is 2. The minimum Gasteiger partial charge on any atom is -0.398 e. The molecule has 17 heavy (non-hydrogen) atoms. The van der Waals surface area contributed by atoms with Gasteiger partial charge < -0.3 is 11.1 Å². The topological polar surface area (TPSA) is 38.0 Å². The molecule has 0 aliphatic heterocycles. The summed E-state index contributed by atoms with van der Waals surface area (Å²) in [5, 5.41) is 4.54. The van der Waals surface area contributed by atoms with E-state index < -0.39 is 0 Å². The fraction of sp³-hybridized carbons (Fsp3) is 0.0769. The summed E-state index contributed by atoms with van der Waals surface area (Å²) in [5.74, 6) is 0. The van der Waals surface area contributed by atoms with E-state index in [9.17, 15) is 0 Å². The van der Waals surface area contributed by atoms with E-state index in [0.717, 1.165) is 16.9 Å². The highest BCUT2D eigenvalue weighted by atomic mass is 35.5. The summed E-state index contributed by atoms with van der Waals surface area (Å²) in [7, 11) is 0. The number of hydrogen-bond donors (Lipinski definition) is 2. The van der Waals surface area contributed by atoms with E-state index in [-0.39, 0.29) is 0 Å². The predicted molar refractivity (Wildman–Crippen MR) is 75.3 cm³/mol. The Bertz CT molecular complexity index is 553. The first-order valence-electron chi connectivity index (χ1n) is 5.14. The van der Waals surface area contributed by atoms with E-state index in [1.165, 1.54) is 0 Å². The van der Waals surface area contributed by atoms with Gasteiger partial charge in [0.1, 0.15) is 0 Å². The molecule has 0 aliphatic carbocycles. The minimum absolute atomic E-state index is 0.609. The number of anilines is 3. The molecule has 4 heteroatoms. The van der Waals surface area contributed by atoms with Gasteiger partial charge in [0.05, 0.1) is 0 Å². The lowest BCUT2D eigenvalue weighted by Gasteiger charge is -2.12. The largest absolute Gasteiger partial charge is 0.398 e. The molecule has 2 aromatic rings. The van der Waals surface area contributed by atoms with Crippen LogP contribution in [-0.4, -0.2) is 0 Å². The number of benzene rings is 2. The van der Waals surface area contributed by atoms with E-state index in [0.29, 0.717) is 15.7 Å². The number of rotatable bonds is 2. The Hall–Kier alpha value is -1.38. The normalized spacial score (nSPS) is 10.3. The van der Waals surface area contributed by atoms with E-state index in [1.807, 2.05) is 37.3 Å². The second-order valence-electron chi connectivity index (χ2n) is 3.80. The summed E-state index contributed by atoms with van der Waals surface area (Å²) < 4.78 is 0. The van der Waals surface area contributed by atoms with Crippen molar-refractivity contribution in [2.24, 2.45) is 0 Å². The summed E-state index contributed by atoms with van der Waals surface area (Å²) in [4.78, 5) is 0. The zero-order valence-corrected chi connectivity index (χ0v) is 10.8. The summed E-state index contributed by atoms with van der Waals surface area (Å²) in [6.45, 7) is 1.94. The Morgan fingerprint density at radius 1 is 1.06 bits per heavy atom. The monoisotopic (exact) mass is 266 g/mol. The van der Waals surface area contributed by atoms with Crippen LogP contribution in [-0.2, 0) is 0 Å². The lowest BCUT2D eigenvalue weighted by atomic mass is 10.1. The Morgan fingerprint density at radius 3 is 2.53 bits per heavy atom. The van der Waals surface area contributed by atoms with Gasteiger partial charge in [0.15, 0.2) is 0 Å². The maximum absolute atomic E-state index is 5.97. The van der Waals surface area contributed by atoms with Crippen molar-refractivity contribution in [3.8, 4) is 0 Å². The van der Waals surface area contributed by atoms with Gasteiger partial charge in [-0.2, -0.15) is 0 Å². The van der Waals surface area contributed by atoms with Crippen LogP contribution >= 0.6 is 23.2 Å². The van der Waals surface area contributed by atoms with Crippen molar-refractivity contribution in [2.75, 3.05) is 11.1 Å². The molecular weight excluding hydrogens is 255 g/mol. The zero-order valence-electron chi connectivity index (χ0n) is 9.30. The SMILES string of the molecule is Cc1c(N)cc(Cl)cc1Nc1cccc(Cl)c1. The fourth-order valence-corrected chi connectivity index (χ4v) is 1.97. The van der Waals surface area contributed by atoms with Crippen molar-refractivity contribution in [2.45, 2.75) is 6.92 Å². The van der Waals surface area contributed by atoms with Crippen LogP contribution in [0, 0.1) is 6.92 Å². The van der Waals surface area contributed by atoms with Gasteiger partial charge in [0.2, 0.25) is 0 Å². The fourth-order valence-electron chi connectivity index (χ4n) is 1.55. The van der Waals surface area contributed by atoms with Crippen molar-refractivity contribution in [3.63, 3.8) is 0 Å². The van der Waals surface area contributed by atoms with Crippen LogP contribution in [0.3, 0.4) is 0 Å². The third-order valence-corrected chi connectivity index (χ3v) is 2.97. The summed E-state index contributed by atoms with van der Waals surface area (Å²) in [6.07, 6.45) is 0. The van der Waals surface area contributed by atoms with E-state index in [4.69, 9.17) is 28.9 Å². The first-order chi connectivity index (χ1) is 8.06. The first-order valence-corrected chi connectivity index (χ1v) is 5.90. The smallest absolute Gasteiger partial charge is 0.0449 e. The molecule has 0 unspecified atom stereocenters. The molecule has 0 radical (unpaired) electrons. The molecule has 0 aliphatic rings. The maximum atomic E-state index is 5.97. The van der Waals surface area contributed by atoms with Crippen molar-refractivity contribution < 1.29 is 0 Å². The standard InChI is InChI=1S/C13H12Cl2N2/c1-8-12(16)6-10(15)7-13(8)17-11-4-2-3-9(14)5-11/h2-7,17H,16H2,1H3. The number of nitrogens with two attached hydrogens (primary N) is 1. The average Bonchev–Trinajstić information content (AvgIpc) is 2.25. The molecule has 0 bridgehead atoms. The van der Waals surface area contributed by atoms with Crippen molar-refractivity contribution in [1.82, 2.24) is 0 Å². The molecule has 0 saturated heterocycles. The molecular formula is C13H12Cl2N2. The number of hydrogen-bond acceptors (Lipinski definition) is 2. The molecule has 0 fully saturated rings. The van der Waals surface area contributed by atoms with Crippen LogP contribution in [0.2, 0.25) is 10.0 Å². The van der Waals surface area contributed by atoms with Gasteiger partial charge in [-0.15, -0.1) is 0 Å². The summed E-state index contributed by atoms with van der Waals surface area (Å²) in [6, 6.07) is 11.1. The Morgan fingerprint density at radius 2 is 1.82 bits per heavy atom. The van der Waals surface area contributed by atoms with E-state index >= 15 is 0 Å². The number of nitrogens with one attached hydrogen (secondary N) is 1. The van der Waals surface area contributed by atoms with Gasteiger partial charge in [-0.25, -0.2) is 0 Å². The van der Waals surface area contributed by atoms with E-state index in [1.54, 1.807) is 6.07 Å². The second kappa shape index (κ2) is 4.86. The van der Waals surface area contributed by atoms with Gasteiger partial charge in [-0.3, -0.25) is 0 Å². The average molecular weight is 267 g/mol. The molecule has 0 amide bonds. The van der Waals surface area contributed by atoms with Crippen LogP contribution in [0.25, 0.3) is 0 Å². The zero-order chi connectivity index (χ0) is 12.4. The Kier molecular flexibility index (Phi) is 3.46. The van der Waals surface area contributed by atoms with Gasteiger partial charge in [-0.1, -0.05) is 29.3 Å². The van der Waals surface area contributed by atoms with Crippen LogP contribution < -0.4 is 11.1 Å². The molecule has 0 heterocycles. The van der Waals surface area contributed by atoms with E-state index in [2.05, 4.69) is 5.32 Å². The maximum Gasteiger partial charge on any atom is 0.0449 e. The quantitative estimate of drug-likeness (QED) is 0.778. The van der Waals surface area contributed by atoms with Gasteiger partial charge >= 0.3 is 0 Å². The van der Waals surface area contributed by atoms with Crippen LogP contribution in [0.1, 0.15) is 5.56 Å². The highest BCUT2D eigenvalue weighted by Gasteiger charge is 2.04. The Labute approximate surface area is 110 Å². The molecule has 0 aromatic heterocycles. The third kappa shape index (κ3) is 2.84. The molecule has 2 aromatic carbocycles. The van der Waals surface area contributed by atoms with Crippen molar-refractivity contribution in [3.05, 3.63) is 52.0 Å². The summed E-state index contributed by atoms with van der Waals surface area (Å²) >= 11 is 11.9. The molecule has 0 spiro atoms. The molecule has 2 nitrogen and oxygen atoms in total. The Balaban J connectivity index is 2.36. The number of nitrogen functional groups attached to an aromatic ring is 1. The van der Waals surface area contributed by atoms with Gasteiger partial charge in [0.25, 0.3) is 0 Å². The second-order valence-corrected chi connectivity index (χ2v) is 4.68. The predicted octanol–water partition coefficient (Wildman–Crippen LogP) is 4.63. The summed E-state index contributed by atoms with van der Waals surface area (Å²) in [5.41, 5.74) is 9.28. The van der Waals surface area contributed by atoms with Crippen LogP contribution in [0.5, 0.6) is 0 Å². The van der Waals surface area contributed by atoms with Gasteiger partial charge in [-0.05, 0) is 42.8 Å². The first kappa shape index (κ1) is 12.1. The highest BCUT2D eigenvalue weighted by molar-refractivity contribution is 6.31. The molecule has 2 rings (SSSR count). The van der Waals surface area contributed by atoms with Crippen molar-refractivity contribution in [1.29, 1.82) is 0 Å². The minimum atomic E-state index is 0.609.